The number of esters is 1. The highest BCUT2D eigenvalue weighted by Gasteiger charge is 2.78. The molecule has 0 bridgehead atoms. The van der Waals surface area contributed by atoms with Gasteiger partial charge in [0.2, 0.25) is 0 Å². The third-order valence-electron chi connectivity index (χ3n) is 4.17. The van der Waals surface area contributed by atoms with Gasteiger partial charge in [-0.05, 0) is 30.7 Å². The van der Waals surface area contributed by atoms with E-state index in [-0.39, 0.29) is 17.2 Å². The third kappa shape index (κ3) is 1.20. The third-order valence-corrected chi connectivity index (χ3v) is 4.17. The van der Waals surface area contributed by atoms with Gasteiger partial charge in [0.1, 0.15) is 11.2 Å². The maximum atomic E-state index is 12.5. The number of rotatable bonds is 3. The Morgan fingerprint density at radius 3 is 2.44 bits per heavy atom. The van der Waals surface area contributed by atoms with Crippen LogP contribution in [0.2, 0.25) is 0 Å². The first kappa shape index (κ1) is 11.3. The van der Waals surface area contributed by atoms with Crippen molar-refractivity contribution in [3.05, 3.63) is 29.8 Å². The van der Waals surface area contributed by atoms with Gasteiger partial charge in [0.25, 0.3) is 0 Å². The summed E-state index contributed by atoms with van der Waals surface area (Å²) in [6, 6.07) is 6.84. The van der Waals surface area contributed by atoms with Gasteiger partial charge in [-0.15, -0.1) is 0 Å². The van der Waals surface area contributed by atoms with Crippen LogP contribution in [0.25, 0.3) is 0 Å². The fraction of sp³-hybridized carbons (Fsp3) is 0.429. The number of carbonyl (C=O) groups excluding carboxylic acids is 2. The number of cyclic esters (lactones) is 1. The Kier molecular flexibility index (Phi) is 2.09. The van der Waals surface area contributed by atoms with E-state index in [4.69, 9.17) is 9.47 Å². The molecule has 1 saturated carbocycles. The average Bonchev–Trinajstić information content (AvgIpc) is 2.95. The number of ether oxygens (including phenoxy) is 2. The van der Waals surface area contributed by atoms with Crippen LogP contribution >= 0.6 is 0 Å². The summed E-state index contributed by atoms with van der Waals surface area (Å²) in [6.07, 6.45) is 0.601. The van der Waals surface area contributed by atoms with Crippen molar-refractivity contribution in [1.29, 1.82) is 0 Å². The minimum atomic E-state index is -0.929. The molecule has 3 rings (SSSR count). The minimum absolute atomic E-state index is 0.129. The molecule has 2 atom stereocenters. The SMILES string of the molecule is COc1ccc(C(=O)[C@@]23C[C@]2(C)COC3=O)cc1. The molecule has 2 aliphatic rings. The minimum Gasteiger partial charge on any atom is -0.497 e. The van der Waals surface area contributed by atoms with Gasteiger partial charge in [-0.3, -0.25) is 9.59 Å². The Labute approximate surface area is 105 Å². The zero-order valence-electron chi connectivity index (χ0n) is 10.4. The summed E-state index contributed by atoms with van der Waals surface area (Å²) in [7, 11) is 1.57. The van der Waals surface area contributed by atoms with Crippen molar-refractivity contribution in [1.82, 2.24) is 0 Å². The Bertz CT molecular complexity index is 533. The van der Waals surface area contributed by atoms with Gasteiger partial charge in [-0.1, -0.05) is 6.92 Å². The smallest absolute Gasteiger partial charge is 0.320 e. The van der Waals surface area contributed by atoms with Crippen LogP contribution in [0.1, 0.15) is 23.7 Å². The first-order valence-electron chi connectivity index (χ1n) is 5.90. The molecule has 2 fully saturated rings. The summed E-state index contributed by atoms with van der Waals surface area (Å²) >= 11 is 0. The maximum absolute atomic E-state index is 12.5. The summed E-state index contributed by atoms with van der Waals surface area (Å²) in [6.45, 7) is 2.28. The highest BCUT2D eigenvalue weighted by Crippen LogP contribution is 2.69. The van der Waals surface area contributed by atoms with Crippen LogP contribution in [-0.2, 0) is 9.53 Å². The molecule has 0 spiro atoms. The number of carbonyl (C=O) groups is 2. The monoisotopic (exact) mass is 246 g/mol. The van der Waals surface area contributed by atoms with Crippen molar-refractivity contribution in [3.63, 3.8) is 0 Å². The molecule has 4 heteroatoms. The second-order valence-electron chi connectivity index (χ2n) is 5.28. The second kappa shape index (κ2) is 3.34. The summed E-state index contributed by atoms with van der Waals surface area (Å²) in [5.74, 6) is 0.192. The van der Waals surface area contributed by atoms with E-state index in [0.717, 1.165) is 0 Å². The van der Waals surface area contributed by atoms with Gasteiger partial charge < -0.3 is 9.47 Å². The highest BCUT2D eigenvalue weighted by molar-refractivity contribution is 6.17. The van der Waals surface area contributed by atoms with E-state index in [0.29, 0.717) is 24.3 Å². The molecule has 4 nitrogen and oxygen atoms in total. The van der Waals surface area contributed by atoms with Gasteiger partial charge in [-0.25, -0.2) is 0 Å². The molecule has 0 N–H and O–H groups in total. The Balaban J connectivity index is 1.94. The molecule has 0 radical (unpaired) electrons. The summed E-state index contributed by atoms with van der Waals surface area (Å²) < 4.78 is 10.1. The summed E-state index contributed by atoms with van der Waals surface area (Å²) in [5, 5.41) is 0. The van der Waals surface area contributed by atoms with E-state index in [1.165, 1.54) is 0 Å². The quantitative estimate of drug-likeness (QED) is 0.464. The number of methoxy groups -OCH3 is 1. The molecule has 18 heavy (non-hydrogen) atoms. The first-order chi connectivity index (χ1) is 8.53. The second-order valence-corrected chi connectivity index (χ2v) is 5.28. The molecule has 1 aliphatic heterocycles. The van der Waals surface area contributed by atoms with Crippen LogP contribution in [0.3, 0.4) is 0 Å². The molecule has 0 aromatic heterocycles. The molecule has 1 aromatic rings. The lowest BCUT2D eigenvalue weighted by Gasteiger charge is -2.10. The summed E-state index contributed by atoms with van der Waals surface area (Å²) in [4.78, 5) is 24.3. The van der Waals surface area contributed by atoms with Crippen LogP contribution in [0.5, 0.6) is 5.75 Å². The first-order valence-corrected chi connectivity index (χ1v) is 5.90. The zero-order valence-corrected chi connectivity index (χ0v) is 10.4. The van der Waals surface area contributed by atoms with Gasteiger partial charge in [0.15, 0.2) is 5.78 Å². The lowest BCUT2D eigenvalue weighted by atomic mass is 9.88. The molecule has 1 aromatic carbocycles. The molecule has 94 valence electrons. The molecule has 0 amide bonds. The number of benzene rings is 1. The fourth-order valence-corrected chi connectivity index (χ4v) is 2.82. The Morgan fingerprint density at radius 1 is 1.33 bits per heavy atom. The van der Waals surface area contributed by atoms with Crippen LogP contribution in [0.4, 0.5) is 0 Å². The van der Waals surface area contributed by atoms with Crippen molar-refractivity contribution in [3.8, 4) is 5.75 Å². The van der Waals surface area contributed by atoms with E-state index >= 15 is 0 Å². The van der Waals surface area contributed by atoms with E-state index in [2.05, 4.69) is 0 Å². The zero-order chi connectivity index (χ0) is 13.0. The van der Waals surface area contributed by atoms with Gasteiger partial charge in [-0.2, -0.15) is 0 Å². The number of hydrogen-bond acceptors (Lipinski definition) is 4. The molecule has 0 unspecified atom stereocenters. The molecular formula is C14H14O4. The topological polar surface area (TPSA) is 52.6 Å². The lowest BCUT2D eigenvalue weighted by molar-refractivity contribution is -0.143. The van der Waals surface area contributed by atoms with Crippen molar-refractivity contribution < 1.29 is 19.1 Å². The van der Waals surface area contributed by atoms with E-state index in [1.807, 2.05) is 6.92 Å². The van der Waals surface area contributed by atoms with Gasteiger partial charge >= 0.3 is 5.97 Å². The largest absolute Gasteiger partial charge is 0.497 e. The maximum Gasteiger partial charge on any atom is 0.320 e. The van der Waals surface area contributed by atoms with Crippen molar-refractivity contribution in [2.45, 2.75) is 13.3 Å². The molecule has 1 aliphatic carbocycles. The van der Waals surface area contributed by atoms with E-state index in [9.17, 15) is 9.59 Å². The molecule has 1 saturated heterocycles. The van der Waals surface area contributed by atoms with E-state index < -0.39 is 5.41 Å². The van der Waals surface area contributed by atoms with Crippen LogP contribution in [-0.4, -0.2) is 25.5 Å². The van der Waals surface area contributed by atoms with Crippen LogP contribution in [0, 0.1) is 10.8 Å². The predicted octanol–water partition coefficient (Wildman–Crippen LogP) is 1.83. The number of fused-ring (bicyclic) bond motifs is 1. The Morgan fingerprint density at radius 2 is 2.00 bits per heavy atom. The fourth-order valence-electron chi connectivity index (χ4n) is 2.82. The molecule has 1 heterocycles. The number of Topliss-reactive ketones (excluding diaryl/α,β-unsaturated/α-hetero) is 1. The van der Waals surface area contributed by atoms with Crippen molar-refractivity contribution in [2.24, 2.45) is 10.8 Å². The highest BCUT2D eigenvalue weighted by atomic mass is 16.5. The average molecular weight is 246 g/mol. The van der Waals surface area contributed by atoms with Crippen molar-refractivity contribution >= 4 is 11.8 Å². The number of hydrogen-bond donors (Lipinski definition) is 0. The summed E-state index contributed by atoms with van der Waals surface area (Å²) in [5.41, 5.74) is -0.693. The normalized spacial score (nSPS) is 32.7. The predicted molar refractivity (Wildman–Crippen MR) is 63.4 cm³/mol. The number of ketones is 1. The Hall–Kier alpha value is -1.84. The lowest BCUT2D eigenvalue weighted by Crippen LogP contribution is -2.26. The van der Waals surface area contributed by atoms with Crippen LogP contribution in [0.15, 0.2) is 24.3 Å². The van der Waals surface area contributed by atoms with Crippen LogP contribution < -0.4 is 4.74 Å². The standard InChI is InChI=1S/C14H14O4/c1-13-7-14(13,12(16)18-8-13)11(15)9-3-5-10(17-2)6-4-9/h3-6H,7-8H2,1-2H3/t13-,14-/m1/s1. The van der Waals surface area contributed by atoms with Crippen molar-refractivity contribution in [2.75, 3.05) is 13.7 Å². The van der Waals surface area contributed by atoms with Gasteiger partial charge in [0.05, 0.1) is 13.7 Å². The molecular weight excluding hydrogens is 232 g/mol. The van der Waals surface area contributed by atoms with E-state index in [1.54, 1.807) is 31.4 Å². The van der Waals surface area contributed by atoms with Gasteiger partial charge in [0, 0.05) is 11.0 Å².